The van der Waals surface area contributed by atoms with Gasteiger partial charge in [-0.05, 0) is 29.9 Å². The Morgan fingerprint density at radius 2 is 1.96 bits per heavy atom. The number of aromatic nitrogens is 3. The van der Waals surface area contributed by atoms with Gasteiger partial charge in [0.15, 0.2) is 9.60 Å². The van der Waals surface area contributed by atoms with E-state index in [0.717, 1.165) is 23.5 Å². The predicted octanol–water partition coefficient (Wildman–Crippen LogP) is 3.22. The van der Waals surface area contributed by atoms with Crippen molar-refractivity contribution in [1.29, 1.82) is 0 Å². The van der Waals surface area contributed by atoms with Gasteiger partial charge in [-0.2, -0.15) is 8.78 Å². The molecule has 11 heteroatoms. The summed E-state index contributed by atoms with van der Waals surface area (Å²) in [5.74, 6) is -3.48. The van der Waals surface area contributed by atoms with Crippen LogP contribution in [0.15, 0.2) is 52.9 Å². The molecule has 2 heterocycles. The number of alkyl halides is 2. The van der Waals surface area contributed by atoms with Gasteiger partial charge < -0.3 is 4.57 Å². The number of fused-ring (bicyclic) bond motifs is 1. The average molecular weight is 429 g/mol. The quantitative estimate of drug-likeness (QED) is 0.444. The Balaban J connectivity index is 1.96. The molecule has 1 aromatic carbocycles. The van der Waals surface area contributed by atoms with Gasteiger partial charge in [0, 0.05) is 6.54 Å². The predicted molar refractivity (Wildman–Crippen MR) is 102 cm³/mol. The van der Waals surface area contributed by atoms with E-state index in [-0.39, 0.29) is 12.1 Å². The smallest absolute Gasteiger partial charge is 0.304 e. The van der Waals surface area contributed by atoms with Crippen LogP contribution in [-0.2, 0) is 22.9 Å². The first-order chi connectivity index (χ1) is 12.8. The molecule has 0 unspecified atom stereocenters. The summed E-state index contributed by atoms with van der Waals surface area (Å²) in [5, 5.41) is 0. The van der Waals surface area contributed by atoms with Crippen LogP contribution in [0, 0.1) is 3.95 Å². The number of halogens is 2. The molecular weight excluding hydrogens is 416 g/mol. The summed E-state index contributed by atoms with van der Waals surface area (Å²) in [5.41, 5.74) is 0.758. The summed E-state index contributed by atoms with van der Waals surface area (Å²) in [6.07, 6.45) is 3.03. The average Bonchev–Trinajstić information content (AvgIpc) is 2.95. The molecule has 0 saturated carbocycles. The molecule has 6 nitrogen and oxygen atoms in total. The van der Waals surface area contributed by atoms with Crippen LogP contribution < -0.4 is 5.56 Å². The molecule has 3 aromatic rings. The maximum Gasteiger partial charge on any atom is 0.341 e. The minimum atomic E-state index is -4.65. The molecule has 0 atom stereocenters. The molecule has 0 bridgehead atoms. The molecule has 0 amide bonds. The topological polar surface area (TPSA) is 74.0 Å². The second kappa shape index (κ2) is 7.41. The summed E-state index contributed by atoms with van der Waals surface area (Å²) >= 11 is 6.40. The summed E-state index contributed by atoms with van der Waals surface area (Å²) in [6, 6.07) is 4.96. The van der Waals surface area contributed by atoms with E-state index in [2.05, 4.69) is 11.6 Å². The molecule has 0 spiro atoms. The van der Waals surface area contributed by atoms with Gasteiger partial charge in [-0.25, -0.2) is 13.4 Å². The second-order valence-electron chi connectivity index (χ2n) is 5.55. The van der Waals surface area contributed by atoms with Gasteiger partial charge in [0.1, 0.15) is 11.0 Å². The van der Waals surface area contributed by atoms with E-state index >= 15 is 0 Å². The fourth-order valence-electron chi connectivity index (χ4n) is 2.46. The van der Waals surface area contributed by atoms with Gasteiger partial charge >= 0.3 is 5.76 Å². The SMILES string of the molecule is C=CCn1c(=S)sc2c(=O)n(Cc3ccc(S(=O)(=O)C(F)F)cc3)cnc21. The van der Waals surface area contributed by atoms with E-state index in [1.165, 1.54) is 23.0 Å². The van der Waals surface area contributed by atoms with E-state index in [9.17, 15) is 22.0 Å². The van der Waals surface area contributed by atoms with Crippen molar-refractivity contribution < 1.29 is 17.2 Å². The van der Waals surface area contributed by atoms with E-state index in [4.69, 9.17) is 12.2 Å². The highest BCUT2D eigenvalue weighted by molar-refractivity contribution is 7.91. The minimum Gasteiger partial charge on any atom is -0.304 e. The molecule has 0 N–H and O–H groups in total. The first-order valence-corrected chi connectivity index (χ1v) is 10.3. The number of benzene rings is 1. The molecular formula is C16H13F2N3O3S3. The highest BCUT2D eigenvalue weighted by atomic mass is 32.2. The molecule has 3 rings (SSSR count). The van der Waals surface area contributed by atoms with Crippen LogP contribution in [0.5, 0.6) is 0 Å². The normalized spacial score (nSPS) is 12.0. The zero-order chi connectivity index (χ0) is 19.8. The van der Waals surface area contributed by atoms with Crippen molar-refractivity contribution in [1.82, 2.24) is 14.1 Å². The number of rotatable bonds is 6. The van der Waals surface area contributed by atoms with Crippen LogP contribution in [0.3, 0.4) is 0 Å². The Labute approximate surface area is 162 Å². The van der Waals surface area contributed by atoms with Crippen LogP contribution in [0.25, 0.3) is 10.3 Å². The maximum absolute atomic E-state index is 12.7. The highest BCUT2D eigenvalue weighted by Crippen LogP contribution is 2.20. The number of allylic oxidation sites excluding steroid dienone is 1. The molecule has 0 radical (unpaired) electrons. The van der Waals surface area contributed by atoms with Crippen LogP contribution in [0.1, 0.15) is 5.56 Å². The van der Waals surface area contributed by atoms with Crippen molar-refractivity contribution in [3.8, 4) is 0 Å². The Hall–Kier alpha value is -2.24. The lowest BCUT2D eigenvalue weighted by Gasteiger charge is -2.08. The maximum atomic E-state index is 12.7. The lowest BCUT2D eigenvalue weighted by molar-refractivity contribution is 0.234. The molecule has 0 aliphatic rings. The third-order valence-electron chi connectivity index (χ3n) is 3.79. The van der Waals surface area contributed by atoms with Gasteiger partial charge in [0.05, 0.1) is 11.4 Å². The molecule has 27 heavy (non-hydrogen) atoms. The van der Waals surface area contributed by atoms with Crippen LogP contribution in [0.2, 0.25) is 0 Å². The number of hydrogen-bond acceptors (Lipinski definition) is 6. The largest absolute Gasteiger partial charge is 0.341 e. The molecule has 142 valence electrons. The molecule has 0 aliphatic heterocycles. The van der Waals surface area contributed by atoms with Crippen LogP contribution in [0.4, 0.5) is 8.78 Å². The van der Waals surface area contributed by atoms with Crippen molar-refractivity contribution in [3.63, 3.8) is 0 Å². The Morgan fingerprint density at radius 3 is 2.56 bits per heavy atom. The van der Waals surface area contributed by atoms with Crippen molar-refractivity contribution in [2.24, 2.45) is 0 Å². The van der Waals surface area contributed by atoms with Crippen molar-refractivity contribution >= 4 is 43.7 Å². The number of sulfone groups is 1. The summed E-state index contributed by atoms with van der Waals surface area (Å²) in [6.45, 7) is 4.20. The first-order valence-electron chi connectivity index (χ1n) is 7.56. The highest BCUT2D eigenvalue weighted by Gasteiger charge is 2.26. The molecule has 0 aliphatic carbocycles. The van der Waals surface area contributed by atoms with Gasteiger partial charge in [0.2, 0.25) is 9.84 Å². The van der Waals surface area contributed by atoms with Crippen molar-refractivity contribution in [2.75, 3.05) is 0 Å². The van der Waals surface area contributed by atoms with Gasteiger partial charge in [-0.1, -0.05) is 29.5 Å². The van der Waals surface area contributed by atoms with Gasteiger partial charge in [-0.3, -0.25) is 9.36 Å². The fourth-order valence-corrected chi connectivity index (χ4v) is 4.50. The summed E-state index contributed by atoms with van der Waals surface area (Å²) < 4.78 is 52.0. The third kappa shape index (κ3) is 3.62. The monoisotopic (exact) mass is 429 g/mol. The Kier molecular flexibility index (Phi) is 5.36. The fraction of sp³-hybridized carbons (Fsp3) is 0.188. The van der Waals surface area contributed by atoms with E-state index in [0.29, 0.717) is 26.4 Å². The third-order valence-corrected chi connectivity index (χ3v) is 6.62. The lowest BCUT2D eigenvalue weighted by atomic mass is 10.2. The van der Waals surface area contributed by atoms with Crippen LogP contribution >= 0.6 is 23.6 Å². The molecule has 0 fully saturated rings. The van der Waals surface area contributed by atoms with Crippen molar-refractivity contribution in [3.05, 3.63) is 63.1 Å². The second-order valence-corrected chi connectivity index (χ2v) is 9.11. The van der Waals surface area contributed by atoms with Gasteiger partial charge in [-0.15, -0.1) is 6.58 Å². The van der Waals surface area contributed by atoms with E-state index < -0.39 is 20.5 Å². The van der Waals surface area contributed by atoms with Crippen molar-refractivity contribution in [2.45, 2.75) is 23.7 Å². The zero-order valence-electron chi connectivity index (χ0n) is 13.7. The number of hydrogen-bond donors (Lipinski definition) is 0. The van der Waals surface area contributed by atoms with Gasteiger partial charge in [0.25, 0.3) is 5.56 Å². The van der Waals surface area contributed by atoms with Crippen LogP contribution in [-0.4, -0.2) is 28.3 Å². The number of nitrogens with zero attached hydrogens (tertiary/aromatic N) is 3. The minimum absolute atomic E-state index is 0.114. The first kappa shape index (κ1) is 19.5. The number of thiazole rings is 1. The Bertz CT molecular complexity index is 1230. The molecule has 0 saturated heterocycles. The lowest BCUT2D eigenvalue weighted by Crippen LogP contribution is -2.21. The summed E-state index contributed by atoms with van der Waals surface area (Å²) in [7, 11) is -4.65. The summed E-state index contributed by atoms with van der Waals surface area (Å²) in [4.78, 5) is 16.5. The standard InChI is InChI=1S/C16H13F2N3O3S3/c1-2-7-21-13-12(26-16(21)25)14(22)20(9-19-13)8-10-3-5-11(6-4-10)27(23,24)15(17)18/h2-6,9,15H,1,7-8H2. The zero-order valence-corrected chi connectivity index (χ0v) is 16.2. The van der Waals surface area contributed by atoms with E-state index in [1.807, 2.05) is 0 Å². The van der Waals surface area contributed by atoms with E-state index in [1.54, 1.807) is 10.6 Å². The Morgan fingerprint density at radius 1 is 1.30 bits per heavy atom. The molecule has 2 aromatic heterocycles.